The average Bonchev–Trinajstić information content (AvgIpc) is 3.42. The molecule has 1 N–H and O–H groups in total. The maximum absolute atomic E-state index is 13.3. The Bertz CT molecular complexity index is 624. The Kier molecular flexibility index (Phi) is 5.09. The lowest BCUT2D eigenvalue weighted by molar-refractivity contribution is -0.132. The standard InChI is InChI=1S/C19H29N5O2/c1-26-11-10-23-13-16-19(14-23,17(25)22-12-15-4-5-15)6-2-9-24(16)18-20-7-3-8-21-18/h3,7-8,15-16H,2,4-6,9-14H2,1H3,(H,22,25)/t16-,19-/m1/s1. The van der Waals surface area contributed by atoms with Crippen LogP contribution in [0.5, 0.6) is 0 Å². The maximum atomic E-state index is 13.3. The summed E-state index contributed by atoms with van der Waals surface area (Å²) in [6.45, 7) is 4.93. The minimum absolute atomic E-state index is 0.120. The number of nitrogens with one attached hydrogen (secondary N) is 1. The number of aromatic nitrogens is 2. The number of rotatable bonds is 7. The Morgan fingerprint density at radius 2 is 2.19 bits per heavy atom. The first-order valence-corrected chi connectivity index (χ1v) is 9.76. The van der Waals surface area contributed by atoms with Gasteiger partial charge in [0.1, 0.15) is 0 Å². The minimum Gasteiger partial charge on any atom is -0.383 e. The molecule has 2 aliphatic heterocycles. The number of hydrogen-bond acceptors (Lipinski definition) is 6. The van der Waals surface area contributed by atoms with Gasteiger partial charge in [-0.3, -0.25) is 9.69 Å². The van der Waals surface area contributed by atoms with Crippen molar-refractivity contribution in [1.82, 2.24) is 20.2 Å². The highest BCUT2D eigenvalue weighted by Gasteiger charge is 2.56. The third kappa shape index (κ3) is 3.42. The predicted molar refractivity (Wildman–Crippen MR) is 98.9 cm³/mol. The zero-order valence-electron chi connectivity index (χ0n) is 15.6. The van der Waals surface area contributed by atoms with E-state index in [1.165, 1.54) is 12.8 Å². The molecular weight excluding hydrogens is 330 g/mol. The number of hydrogen-bond donors (Lipinski definition) is 1. The summed E-state index contributed by atoms with van der Waals surface area (Å²) in [5.41, 5.74) is -0.375. The van der Waals surface area contributed by atoms with Crippen LogP contribution in [0.2, 0.25) is 0 Å². The molecule has 1 aromatic rings. The summed E-state index contributed by atoms with van der Waals surface area (Å²) in [5, 5.41) is 3.26. The van der Waals surface area contributed by atoms with Gasteiger partial charge in [-0.25, -0.2) is 9.97 Å². The summed E-state index contributed by atoms with van der Waals surface area (Å²) < 4.78 is 5.27. The molecule has 3 aliphatic rings. The molecule has 1 amide bonds. The summed E-state index contributed by atoms with van der Waals surface area (Å²) in [5.74, 6) is 1.65. The van der Waals surface area contributed by atoms with Crippen LogP contribution in [0.4, 0.5) is 5.95 Å². The van der Waals surface area contributed by atoms with E-state index in [0.29, 0.717) is 12.5 Å². The van der Waals surface area contributed by atoms with Gasteiger partial charge in [-0.15, -0.1) is 0 Å². The van der Waals surface area contributed by atoms with Crippen molar-refractivity contribution in [3.05, 3.63) is 18.5 Å². The molecule has 0 unspecified atom stereocenters. The lowest BCUT2D eigenvalue weighted by Gasteiger charge is -2.44. The highest BCUT2D eigenvalue weighted by molar-refractivity contribution is 5.85. The van der Waals surface area contributed by atoms with Crippen molar-refractivity contribution in [1.29, 1.82) is 0 Å². The summed E-state index contributed by atoms with van der Waals surface area (Å²) in [7, 11) is 1.73. The molecule has 4 rings (SSSR count). The number of piperidine rings is 1. The van der Waals surface area contributed by atoms with Gasteiger partial charge in [0.15, 0.2) is 0 Å². The molecule has 2 saturated heterocycles. The number of ether oxygens (including phenoxy) is 1. The van der Waals surface area contributed by atoms with Gasteiger partial charge in [-0.1, -0.05) is 0 Å². The van der Waals surface area contributed by atoms with Gasteiger partial charge in [0.05, 0.1) is 18.1 Å². The van der Waals surface area contributed by atoms with Crippen molar-refractivity contribution in [2.75, 3.05) is 51.3 Å². The Balaban J connectivity index is 1.57. The Labute approximate surface area is 155 Å². The van der Waals surface area contributed by atoms with Crippen LogP contribution in [0.15, 0.2) is 18.5 Å². The molecule has 0 bridgehead atoms. The van der Waals surface area contributed by atoms with Crippen molar-refractivity contribution >= 4 is 11.9 Å². The zero-order chi connectivity index (χ0) is 18.0. The van der Waals surface area contributed by atoms with E-state index in [9.17, 15) is 4.79 Å². The van der Waals surface area contributed by atoms with Crippen LogP contribution in [-0.2, 0) is 9.53 Å². The summed E-state index contributed by atoms with van der Waals surface area (Å²) in [6, 6.07) is 1.96. The third-order valence-electron chi connectivity index (χ3n) is 6.09. The van der Waals surface area contributed by atoms with Crippen molar-refractivity contribution < 1.29 is 9.53 Å². The van der Waals surface area contributed by atoms with Crippen LogP contribution in [-0.4, -0.2) is 73.3 Å². The molecule has 3 heterocycles. The maximum Gasteiger partial charge on any atom is 0.229 e. The van der Waals surface area contributed by atoms with Crippen LogP contribution in [0.1, 0.15) is 25.7 Å². The molecule has 0 aromatic carbocycles. The molecule has 0 radical (unpaired) electrons. The fraction of sp³-hybridized carbons (Fsp3) is 0.737. The first-order valence-electron chi connectivity index (χ1n) is 9.76. The average molecular weight is 359 g/mol. The smallest absolute Gasteiger partial charge is 0.229 e. The van der Waals surface area contributed by atoms with E-state index in [0.717, 1.165) is 51.5 Å². The van der Waals surface area contributed by atoms with E-state index < -0.39 is 0 Å². The SMILES string of the molecule is COCCN1C[C@H]2N(c3ncccn3)CCC[C@@]2(C(=O)NCC2CC2)C1. The van der Waals surface area contributed by atoms with Gasteiger partial charge in [0, 0.05) is 52.2 Å². The number of nitrogens with zero attached hydrogens (tertiary/aromatic N) is 4. The van der Waals surface area contributed by atoms with E-state index in [-0.39, 0.29) is 17.4 Å². The van der Waals surface area contributed by atoms with Gasteiger partial charge in [-0.2, -0.15) is 0 Å². The lowest BCUT2D eigenvalue weighted by Crippen LogP contribution is -2.59. The van der Waals surface area contributed by atoms with E-state index in [1.807, 2.05) is 6.07 Å². The molecule has 1 aromatic heterocycles. The molecule has 7 nitrogen and oxygen atoms in total. The van der Waals surface area contributed by atoms with Crippen LogP contribution in [0.25, 0.3) is 0 Å². The molecule has 142 valence electrons. The number of carbonyl (C=O) groups is 1. The zero-order valence-corrected chi connectivity index (χ0v) is 15.6. The molecule has 2 atom stereocenters. The summed E-state index contributed by atoms with van der Waals surface area (Å²) >= 11 is 0. The highest BCUT2D eigenvalue weighted by Crippen LogP contribution is 2.43. The molecule has 26 heavy (non-hydrogen) atoms. The van der Waals surface area contributed by atoms with Crippen LogP contribution >= 0.6 is 0 Å². The molecule has 7 heteroatoms. The molecular formula is C19H29N5O2. The van der Waals surface area contributed by atoms with E-state index in [4.69, 9.17) is 4.74 Å². The van der Waals surface area contributed by atoms with Gasteiger partial charge in [0.2, 0.25) is 11.9 Å². The molecule has 3 fully saturated rings. The molecule has 1 aliphatic carbocycles. The number of amides is 1. The van der Waals surface area contributed by atoms with E-state index in [2.05, 4.69) is 25.1 Å². The van der Waals surface area contributed by atoms with E-state index in [1.54, 1.807) is 19.5 Å². The fourth-order valence-electron chi connectivity index (χ4n) is 4.49. The monoisotopic (exact) mass is 359 g/mol. The van der Waals surface area contributed by atoms with Crippen LogP contribution < -0.4 is 10.2 Å². The molecule has 1 saturated carbocycles. The predicted octanol–water partition coefficient (Wildman–Crippen LogP) is 0.920. The van der Waals surface area contributed by atoms with Gasteiger partial charge in [0.25, 0.3) is 0 Å². The second-order valence-electron chi connectivity index (χ2n) is 7.90. The summed E-state index contributed by atoms with van der Waals surface area (Å²) in [6.07, 6.45) is 7.98. The Morgan fingerprint density at radius 1 is 1.38 bits per heavy atom. The van der Waals surface area contributed by atoms with E-state index >= 15 is 0 Å². The minimum atomic E-state index is -0.375. The highest BCUT2D eigenvalue weighted by atomic mass is 16.5. The molecule has 0 spiro atoms. The second-order valence-corrected chi connectivity index (χ2v) is 7.90. The number of methoxy groups -OCH3 is 1. The second kappa shape index (κ2) is 7.48. The quantitative estimate of drug-likeness (QED) is 0.781. The largest absolute Gasteiger partial charge is 0.383 e. The number of likely N-dealkylation sites (tertiary alicyclic amines) is 1. The Morgan fingerprint density at radius 3 is 2.92 bits per heavy atom. The first-order chi connectivity index (χ1) is 12.7. The van der Waals surface area contributed by atoms with Crippen molar-refractivity contribution in [3.63, 3.8) is 0 Å². The topological polar surface area (TPSA) is 70.6 Å². The van der Waals surface area contributed by atoms with Crippen LogP contribution in [0, 0.1) is 11.3 Å². The van der Waals surface area contributed by atoms with Crippen LogP contribution in [0.3, 0.4) is 0 Å². The third-order valence-corrected chi connectivity index (χ3v) is 6.09. The first kappa shape index (κ1) is 17.7. The number of fused-ring (bicyclic) bond motifs is 1. The fourth-order valence-corrected chi connectivity index (χ4v) is 4.49. The lowest BCUT2D eigenvalue weighted by atomic mass is 9.74. The van der Waals surface area contributed by atoms with Gasteiger partial charge in [-0.05, 0) is 37.7 Å². The normalized spacial score (nSPS) is 28.8. The van der Waals surface area contributed by atoms with Gasteiger partial charge >= 0.3 is 0 Å². The van der Waals surface area contributed by atoms with Crippen molar-refractivity contribution in [2.24, 2.45) is 11.3 Å². The van der Waals surface area contributed by atoms with Crippen molar-refractivity contribution in [3.8, 4) is 0 Å². The number of carbonyl (C=O) groups excluding carboxylic acids is 1. The summed E-state index contributed by atoms with van der Waals surface area (Å²) in [4.78, 5) is 26.8. The number of anilines is 1. The van der Waals surface area contributed by atoms with Crippen molar-refractivity contribution in [2.45, 2.75) is 31.7 Å². The Hall–Kier alpha value is -1.73. The van der Waals surface area contributed by atoms with Gasteiger partial charge < -0.3 is 15.0 Å².